The second-order valence-corrected chi connectivity index (χ2v) is 6.29. The third kappa shape index (κ3) is 3.26. The fourth-order valence-corrected chi connectivity index (χ4v) is 3.08. The molecule has 3 rings (SSSR count). The normalized spacial score (nSPS) is 11.4. The zero-order valence-corrected chi connectivity index (χ0v) is 13.2. The largest absolute Gasteiger partial charge is 0.457 e. The van der Waals surface area contributed by atoms with Gasteiger partial charge in [-0.05, 0) is 49.1 Å². The number of nitrogens with one attached hydrogen (secondary N) is 1. The van der Waals surface area contributed by atoms with Gasteiger partial charge in [-0.15, -0.1) is 11.3 Å². The maximum absolute atomic E-state index is 11.8. The molecule has 0 spiro atoms. The van der Waals surface area contributed by atoms with Gasteiger partial charge in [0.15, 0.2) is 0 Å². The quantitative estimate of drug-likeness (QED) is 0.585. The Morgan fingerprint density at radius 2 is 2.23 bits per heavy atom. The number of H-pyrrole nitrogens is 1. The van der Waals surface area contributed by atoms with Gasteiger partial charge < -0.3 is 9.72 Å². The van der Waals surface area contributed by atoms with E-state index in [0.717, 1.165) is 32.0 Å². The van der Waals surface area contributed by atoms with Crippen molar-refractivity contribution in [1.82, 2.24) is 9.97 Å². The van der Waals surface area contributed by atoms with Crippen LogP contribution in [0.5, 0.6) is 0 Å². The Hall–Kier alpha value is -2.40. The molecule has 0 fully saturated rings. The highest BCUT2D eigenvalue weighted by Crippen LogP contribution is 2.18. The second-order valence-electron chi connectivity index (χ2n) is 5.01. The van der Waals surface area contributed by atoms with Gasteiger partial charge in [-0.3, -0.25) is 0 Å². The predicted octanol–water partition coefficient (Wildman–Crippen LogP) is 4.00. The van der Waals surface area contributed by atoms with Crippen molar-refractivity contribution in [3.05, 3.63) is 57.7 Å². The number of esters is 1. The molecule has 0 atom stereocenters. The van der Waals surface area contributed by atoms with E-state index in [1.165, 1.54) is 6.08 Å². The van der Waals surface area contributed by atoms with Crippen molar-refractivity contribution >= 4 is 34.3 Å². The molecule has 0 radical (unpaired) electrons. The van der Waals surface area contributed by atoms with Crippen LogP contribution in [0, 0.1) is 13.8 Å². The molecule has 0 saturated heterocycles. The van der Waals surface area contributed by atoms with E-state index in [9.17, 15) is 4.79 Å². The van der Waals surface area contributed by atoms with Crippen LogP contribution < -0.4 is 0 Å². The van der Waals surface area contributed by atoms with E-state index < -0.39 is 0 Å². The van der Waals surface area contributed by atoms with Crippen LogP contribution in [0.25, 0.3) is 17.0 Å². The molecule has 0 aliphatic rings. The Morgan fingerprint density at radius 3 is 3.00 bits per heavy atom. The summed E-state index contributed by atoms with van der Waals surface area (Å²) in [6.45, 7) is 4.14. The summed E-state index contributed by atoms with van der Waals surface area (Å²) in [7, 11) is 0. The van der Waals surface area contributed by atoms with E-state index in [2.05, 4.69) is 9.97 Å². The molecule has 5 heteroatoms. The van der Waals surface area contributed by atoms with E-state index in [1.54, 1.807) is 17.4 Å². The summed E-state index contributed by atoms with van der Waals surface area (Å²) in [5, 5.41) is 2.10. The highest BCUT2D eigenvalue weighted by Gasteiger charge is 2.06. The Labute approximate surface area is 132 Å². The molecule has 0 amide bonds. The summed E-state index contributed by atoms with van der Waals surface area (Å²) in [6, 6.07) is 7.97. The van der Waals surface area contributed by atoms with E-state index in [-0.39, 0.29) is 12.6 Å². The standard InChI is InChI=1S/C17H16N2O2S/c1-11-16(22-12(2)19-11)10-21-17(20)6-4-13-3-5-15-14(9-13)7-8-18-15/h3-9,18H,10H2,1-2H3. The van der Waals surface area contributed by atoms with Crippen molar-refractivity contribution in [3.63, 3.8) is 0 Å². The molecule has 0 aliphatic heterocycles. The molecule has 1 N–H and O–H groups in total. The first-order valence-electron chi connectivity index (χ1n) is 6.97. The van der Waals surface area contributed by atoms with Gasteiger partial charge in [-0.1, -0.05) is 6.07 Å². The number of nitrogens with zero attached hydrogens (tertiary/aromatic N) is 1. The molecule has 1 aromatic carbocycles. The molecule has 3 aromatic rings. The van der Waals surface area contributed by atoms with Gasteiger partial charge in [0, 0.05) is 17.8 Å². The van der Waals surface area contributed by atoms with Gasteiger partial charge in [0.2, 0.25) is 0 Å². The van der Waals surface area contributed by atoms with E-state index in [0.29, 0.717) is 0 Å². The number of carbonyl (C=O) groups is 1. The molecule has 0 bridgehead atoms. The van der Waals surface area contributed by atoms with E-state index >= 15 is 0 Å². The molecular weight excluding hydrogens is 296 g/mol. The highest BCUT2D eigenvalue weighted by molar-refractivity contribution is 7.11. The number of benzene rings is 1. The minimum absolute atomic E-state index is 0.275. The smallest absolute Gasteiger partial charge is 0.331 e. The van der Waals surface area contributed by atoms with Crippen LogP contribution in [0.1, 0.15) is 21.1 Å². The lowest BCUT2D eigenvalue weighted by Gasteiger charge is -2.00. The van der Waals surface area contributed by atoms with Gasteiger partial charge in [-0.2, -0.15) is 0 Å². The molecule has 0 aliphatic carbocycles. The van der Waals surface area contributed by atoms with Crippen LogP contribution in [-0.2, 0) is 16.1 Å². The highest BCUT2D eigenvalue weighted by atomic mass is 32.1. The minimum atomic E-state index is -0.348. The Kier molecular flexibility index (Phi) is 4.06. The molecule has 112 valence electrons. The lowest BCUT2D eigenvalue weighted by atomic mass is 10.1. The monoisotopic (exact) mass is 312 g/mol. The summed E-state index contributed by atoms with van der Waals surface area (Å²) in [5.41, 5.74) is 2.97. The number of hydrogen-bond donors (Lipinski definition) is 1. The van der Waals surface area contributed by atoms with Crippen molar-refractivity contribution in [3.8, 4) is 0 Å². The lowest BCUT2D eigenvalue weighted by Crippen LogP contribution is -2.00. The van der Waals surface area contributed by atoms with Crippen LogP contribution >= 0.6 is 11.3 Å². The van der Waals surface area contributed by atoms with Crippen molar-refractivity contribution < 1.29 is 9.53 Å². The number of carbonyl (C=O) groups excluding carboxylic acids is 1. The predicted molar refractivity (Wildman–Crippen MR) is 88.7 cm³/mol. The topological polar surface area (TPSA) is 55.0 Å². The summed E-state index contributed by atoms with van der Waals surface area (Å²) < 4.78 is 5.25. The fraction of sp³-hybridized carbons (Fsp3) is 0.176. The van der Waals surface area contributed by atoms with Gasteiger partial charge in [0.05, 0.1) is 15.6 Å². The van der Waals surface area contributed by atoms with Crippen LogP contribution in [0.3, 0.4) is 0 Å². The Balaban J connectivity index is 1.62. The van der Waals surface area contributed by atoms with Crippen LogP contribution in [0.2, 0.25) is 0 Å². The number of ether oxygens (including phenoxy) is 1. The lowest BCUT2D eigenvalue weighted by molar-refractivity contribution is -0.138. The number of fused-ring (bicyclic) bond motifs is 1. The first-order valence-corrected chi connectivity index (χ1v) is 7.78. The number of aryl methyl sites for hydroxylation is 2. The number of aromatic nitrogens is 2. The van der Waals surface area contributed by atoms with Crippen LogP contribution in [0.15, 0.2) is 36.5 Å². The van der Waals surface area contributed by atoms with Gasteiger partial charge in [-0.25, -0.2) is 9.78 Å². The number of rotatable bonds is 4. The van der Waals surface area contributed by atoms with Crippen LogP contribution in [-0.4, -0.2) is 15.9 Å². The van der Waals surface area contributed by atoms with E-state index in [1.807, 2.05) is 44.3 Å². The summed E-state index contributed by atoms with van der Waals surface area (Å²) in [6.07, 6.45) is 5.11. The Bertz CT molecular complexity index is 845. The molecular formula is C17H16N2O2S. The fourth-order valence-electron chi connectivity index (χ4n) is 2.23. The zero-order chi connectivity index (χ0) is 15.5. The Morgan fingerprint density at radius 1 is 1.36 bits per heavy atom. The molecule has 22 heavy (non-hydrogen) atoms. The van der Waals surface area contributed by atoms with Crippen molar-refractivity contribution in [2.75, 3.05) is 0 Å². The average Bonchev–Trinajstić information content (AvgIpc) is 3.08. The SMILES string of the molecule is Cc1nc(C)c(COC(=O)C=Cc2ccc3[nH]ccc3c2)s1. The molecule has 0 unspecified atom stereocenters. The van der Waals surface area contributed by atoms with E-state index in [4.69, 9.17) is 4.74 Å². The summed E-state index contributed by atoms with van der Waals surface area (Å²) in [4.78, 5) is 20.2. The third-order valence-electron chi connectivity index (χ3n) is 3.33. The molecule has 0 saturated carbocycles. The second kappa shape index (κ2) is 6.15. The van der Waals surface area contributed by atoms with Crippen molar-refractivity contribution in [2.24, 2.45) is 0 Å². The van der Waals surface area contributed by atoms with Crippen molar-refractivity contribution in [1.29, 1.82) is 0 Å². The number of aromatic amines is 1. The molecule has 2 aromatic heterocycles. The summed E-state index contributed by atoms with van der Waals surface area (Å²) >= 11 is 1.56. The maximum atomic E-state index is 11.8. The first-order chi connectivity index (χ1) is 10.6. The first kappa shape index (κ1) is 14.5. The van der Waals surface area contributed by atoms with Gasteiger partial charge in [0.25, 0.3) is 0 Å². The summed E-state index contributed by atoms with van der Waals surface area (Å²) in [5.74, 6) is -0.348. The van der Waals surface area contributed by atoms with Crippen molar-refractivity contribution in [2.45, 2.75) is 20.5 Å². The minimum Gasteiger partial charge on any atom is -0.457 e. The maximum Gasteiger partial charge on any atom is 0.331 e. The average molecular weight is 312 g/mol. The molecule has 4 nitrogen and oxygen atoms in total. The number of thiazole rings is 1. The number of hydrogen-bond acceptors (Lipinski definition) is 4. The van der Waals surface area contributed by atoms with Gasteiger partial charge in [0.1, 0.15) is 6.61 Å². The molecule has 2 heterocycles. The van der Waals surface area contributed by atoms with Gasteiger partial charge >= 0.3 is 5.97 Å². The zero-order valence-electron chi connectivity index (χ0n) is 12.4. The third-order valence-corrected chi connectivity index (χ3v) is 4.38. The van der Waals surface area contributed by atoms with Crippen LogP contribution in [0.4, 0.5) is 0 Å².